The summed E-state index contributed by atoms with van der Waals surface area (Å²) in [7, 11) is 1.57. The number of rotatable bonds is 9. The number of ether oxygens (including phenoxy) is 2. The highest BCUT2D eigenvalue weighted by Gasteiger charge is 2.18. The number of nitrogens with one attached hydrogen (secondary N) is 3. The van der Waals surface area contributed by atoms with E-state index in [0.717, 1.165) is 0 Å². The number of morpholine rings is 1. The molecule has 3 amide bonds. The second-order valence-corrected chi connectivity index (χ2v) is 7.21. The molecule has 9 nitrogen and oxygen atoms in total. The zero-order valence-corrected chi connectivity index (χ0v) is 18.1. The molecular weight excluding hydrogens is 412 g/mol. The van der Waals surface area contributed by atoms with Crippen molar-refractivity contribution in [3.8, 4) is 0 Å². The van der Waals surface area contributed by atoms with Crippen molar-refractivity contribution in [1.82, 2.24) is 10.2 Å². The Balaban J connectivity index is 1.48. The fourth-order valence-electron chi connectivity index (χ4n) is 3.17. The topological polar surface area (TPSA) is 109 Å². The zero-order valence-electron chi connectivity index (χ0n) is 18.1. The Morgan fingerprint density at radius 2 is 1.75 bits per heavy atom. The van der Waals surface area contributed by atoms with Crippen LogP contribution >= 0.6 is 0 Å². The second kappa shape index (κ2) is 11.8. The second-order valence-electron chi connectivity index (χ2n) is 7.21. The van der Waals surface area contributed by atoms with E-state index < -0.39 is 0 Å². The molecule has 170 valence electrons. The van der Waals surface area contributed by atoms with E-state index >= 15 is 0 Å². The van der Waals surface area contributed by atoms with E-state index in [1.54, 1.807) is 60.5 Å². The van der Waals surface area contributed by atoms with Gasteiger partial charge in [0, 0.05) is 49.2 Å². The van der Waals surface area contributed by atoms with Gasteiger partial charge in [0.15, 0.2) is 0 Å². The summed E-state index contributed by atoms with van der Waals surface area (Å²) in [5.74, 6) is -0.493. The van der Waals surface area contributed by atoms with Crippen LogP contribution in [-0.4, -0.2) is 75.7 Å². The highest BCUT2D eigenvalue weighted by molar-refractivity contribution is 5.97. The molecule has 32 heavy (non-hydrogen) atoms. The van der Waals surface area contributed by atoms with Gasteiger partial charge in [0.25, 0.3) is 11.8 Å². The van der Waals surface area contributed by atoms with E-state index in [4.69, 9.17) is 9.47 Å². The Morgan fingerprint density at radius 3 is 2.47 bits per heavy atom. The SMILES string of the molecule is COCCNC(=O)c1cccc(NCC(=O)Nc2ccc(C(=O)N3CCOCC3)cc2)c1. The number of nitrogens with zero attached hydrogens (tertiary/aromatic N) is 1. The van der Waals surface area contributed by atoms with Crippen LogP contribution in [0.4, 0.5) is 11.4 Å². The molecule has 1 saturated heterocycles. The monoisotopic (exact) mass is 440 g/mol. The quantitative estimate of drug-likeness (QED) is 0.511. The Hall–Kier alpha value is -3.43. The van der Waals surface area contributed by atoms with Gasteiger partial charge in [-0.1, -0.05) is 6.07 Å². The number of benzene rings is 2. The van der Waals surface area contributed by atoms with E-state index in [-0.39, 0.29) is 24.3 Å². The molecule has 3 rings (SSSR count). The minimum absolute atomic E-state index is 0.0310. The molecule has 2 aromatic rings. The van der Waals surface area contributed by atoms with E-state index in [2.05, 4.69) is 16.0 Å². The van der Waals surface area contributed by atoms with Gasteiger partial charge in [-0.25, -0.2) is 0 Å². The molecule has 0 aliphatic carbocycles. The molecule has 9 heteroatoms. The van der Waals surface area contributed by atoms with Crippen LogP contribution in [0.25, 0.3) is 0 Å². The highest BCUT2D eigenvalue weighted by Crippen LogP contribution is 2.14. The van der Waals surface area contributed by atoms with Crippen molar-refractivity contribution in [1.29, 1.82) is 0 Å². The molecule has 1 fully saturated rings. The summed E-state index contributed by atoms with van der Waals surface area (Å²) >= 11 is 0. The van der Waals surface area contributed by atoms with Crippen LogP contribution in [-0.2, 0) is 14.3 Å². The van der Waals surface area contributed by atoms with Crippen LogP contribution in [0.5, 0.6) is 0 Å². The third-order valence-corrected chi connectivity index (χ3v) is 4.88. The molecule has 0 bridgehead atoms. The Labute approximate surface area is 187 Å². The van der Waals surface area contributed by atoms with Crippen molar-refractivity contribution in [2.24, 2.45) is 0 Å². The molecule has 1 aliphatic heterocycles. The number of carbonyl (C=O) groups is 3. The summed E-state index contributed by atoms with van der Waals surface area (Å²) in [6.07, 6.45) is 0. The molecule has 0 atom stereocenters. The predicted molar refractivity (Wildman–Crippen MR) is 121 cm³/mol. The number of methoxy groups -OCH3 is 1. The standard InChI is InChI=1S/C23H28N4O5/c1-31-12-9-24-22(29)18-3-2-4-20(15-18)25-16-21(28)26-19-7-5-17(6-8-19)23(30)27-10-13-32-14-11-27/h2-8,15,25H,9-14,16H2,1H3,(H,24,29)(H,26,28). The summed E-state index contributed by atoms with van der Waals surface area (Å²) in [6, 6.07) is 13.7. The lowest BCUT2D eigenvalue weighted by Crippen LogP contribution is -2.40. The minimum atomic E-state index is -0.243. The minimum Gasteiger partial charge on any atom is -0.383 e. The van der Waals surface area contributed by atoms with Gasteiger partial charge in [0.05, 0.1) is 26.4 Å². The number of hydrogen-bond donors (Lipinski definition) is 3. The molecule has 1 heterocycles. The molecule has 1 aliphatic rings. The number of hydrogen-bond acceptors (Lipinski definition) is 6. The predicted octanol–water partition coefficient (Wildman–Crippen LogP) is 1.59. The van der Waals surface area contributed by atoms with Crippen molar-refractivity contribution in [3.63, 3.8) is 0 Å². The van der Waals surface area contributed by atoms with Crippen molar-refractivity contribution >= 4 is 29.1 Å². The van der Waals surface area contributed by atoms with E-state index in [0.29, 0.717) is 62.0 Å². The molecule has 0 saturated carbocycles. The fourth-order valence-corrected chi connectivity index (χ4v) is 3.17. The van der Waals surface area contributed by atoms with Gasteiger partial charge in [-0.3, -0.25) is 14.4 Å². The van der Waals surface area contributed by atoms with E-state index in [1.807, 2.05) is 0 Å². The van der Waals surface area contributed by atoms with Crippen LogP contribution in [0, 0.1) is 0 Å². The Bertz CT molecular complexity index is 926. The molecule has 3 N–H and O–H groups in total. The lowest BCUT2D eigenvalue weighted by atomic mass is 10.1. The smallest absolute Gasteiger partial charge is 0.254 e. The summed E-state index contributed by atoms with van der Waals surface area (Å²) in [4.78, 5) is 38.6. The van der Waals surface area contributed by atoms with Crippen LogP contribution in [0.1, 0.15) is 20.7 Å². The van der Waals surface area contributed by atoms with Crippen molar-refractivity contribution < 1.29 is 23.9 Å². The van der Waals surface area contributed by atoms with Crippen LogP contribution in [0.15, 0.2) is 48.5 Å². The third-order valence-electron chi connectivity index (χ3n) is 4.88. The fraction of sp³-hybridized carbons (Fsp3) is 0.348. The number of carbonyl (C=O) groups excluding carboxylic acids is 3. The van der Waals surface area contributed by atoms with Gasteiger partial charge in [-0.05, 0) is 42.5 Å². The van der Waals surface area contributed by atoms with E-state index in [9.17, 15) is 14.4 Å². The summed E-state index contributed by atoms with van der Waals surface area (Å²) in [5.41, 5.74) is 2.32. The third kappa shape index (κ3) is 6.79. The lowest BCUT2D eigenvalue weighted by Gasteiger charge is -2.26. The number of amides is 3. The maximum atomic E-state index is 12.5. The summed E-state index contributed by atoms with van der Waals surface area (Å²) in [6.45, 7) is 3.15. The molecule has 0 radical (unpaired) electrons. The number of anilines is 2. The first-order valence-corrected chi connectivity index (χ1v) is 10.4. The highest BCUT2D eigenvalue weighted by atomic mass is 16.5. The largest absolute Gasteiger partial charge is 0.383 e. The first kappa shape index (κ1) is 23.2. The van der Waals surface area contributed by atoms with Gasteiger partial charge in [0.2, 0.25) is 5.91 Å². The van der Waals surface area contributed by atoms with Gasteiger partial charge in [-0.15, -0.1) is 0 Å². The van der Waals surface area contributed by atoms with Crippen molar-refractivity contribution in [2.75, 3.05) is 63.7 Å². The maximum absolute atomic E-state index is 12.5. The first-order chi connectivity index (χ1) is 15.6. The van der Waals surface area contributed by atoms with Gasteiger partial charge in [0.1, 0.15) is 0 Å². The van der Waals surface area contributed by atoms with Crippen LogP contribution in [0.3, 0.4) is 0 Å². The average molecular weight is 441 g/mol. The van der Waals surface area contributed by atoms with Gasteiger partial charge in [-0.2, -0.15) is 0 Å². The Kier molecular flexibility index (Phi) is 8.59. The normalized spacial score (nSPS) is 13.3. The molecule has 0 spiro atoms. The lowest BCUT2D eigenvalue weighted by molar-refractivity contribution is -0.114. The van der Waals surface area contributed by atoms with Crippen molar-refractivity contribution in [2.45, 2.75) is 0 Å². The molecule has 0 unspecified atom stereocenters. The maximum Gasteiger partial charge on any atom is 0.254 e. The average Bonchev–Trinajstić information content (AvgIpc) is 2.83. The summed E-state index contributed by atoms with van der Waals surface area (Å²) in [5, 5.41) is 8.55. The van der Waals surface area contributed by atoms with Gasteiger partial charge < -0.3 is 30.3 Å². The van der Waals surface area contributed by atoms with E-state index in [1.165, 1.54) is 0 Å². The first-order valence-electron chi connectivity index (χ1n) is 10.4. The molecular formula is C23H28N4O5. The summed E-state index contributed by atoms with van der Waals surface area (Å²) < 4.78 is 10.2. The zero-order chi connectivity index (χ0) is 22.8. The van der Waals surface area contributed by atoms with Gasteiger partial charge >= 0.3 is 0 Å². The Morgan fingerprint density at radius 1 is 1.00 bits per heavy atom. The molecule has 0 aromatic heterocycles. The van der Waals surface area contributed by atoms with Crippen molar-refractivity contribution in [3.05, 3.63) is 59.7 Å². The molecule has 2 aromatic carbocycles. The van der Waals surface area contributed by atoms with Crippen LogP contribution in [0.2, 0.25) is 0 Å². The van der Waals surface area contributed by atoms with Crippen LogP contribution < -0.4 is 16.0 Å².